The Kier molecular flexibility index (Phi) is 6.49. The van der Waals surface area contributed by atoms with Gasteiger partial charge in [-0.3, -0.25) is 9.59 Å². The van der Waals surface area contributed by atoms with Crippen molar-refractivity contribution in [1.29, 1.82) is 0 Å². The predicted molar refractivity (Wildman–Crippen MR) is 102 cm³/mol. The molecule has 9 heteroatoms. The molecule has 0 bridgehead atoms. The normalized spacial score (nSPS) is 15.0. The molecule has 30 heavy (non-hydrogen) atoms. The first kappa shape index (κ1) is 21.5. The third-order valence-electron chi connectivity index (χ3n) is 4.68. The van der Waals surface area contributed by atoms with Gasteiger partial charge in [-0.1, -0.05) is 6.07 Å². The van der Waals surface area contributed by atoms with Crippen LogP contribution in [0.5, 0.6) is 11.5 Å². The number of alkyl halides is 3. The van der Waals surface area contributed by atoms with Crippen molar-refractivity contribution in [2.75, 3.05) is 19.7 Å². The number of carbonyl (C=O) groups excluding carboxylic acids is 2. The van der Waals surface area contributed by atoms with Crippen LogP contribution in [0.25, 0.3) is 0 Å². The topological polar surface area (TPSA) is 81.9 Å². The first-order valence-electron chi connectivity index (χ1n) is 9.37. The van der Waals surface area contributed by atoms with Gasteiger partial charge in [0, 0.05) is 31.5 Å². The summed E-state index contributed by atoms with van der Waals surface area (Å²) in [5.41, 5.74) is 4.73. The molecule has 6 nitrogen and oxygen atoms in total. The number of primary amides is 1. The highest BCUT2D eigenvalue weighted by Crippen LogP contribution is 2.32. The van der Waals surface area contributed by atoms with Gasteiger partial charge in [0.2, 0.25) is 0 Å². The zero-order chi connectivity index (χ0) is 21.7. The van der Waals surface area contributed by atoms with Crippen LogP contribution in [0.3, 0.4) is 0 Å². The number of benzene rings is 2. The molecular weight excluding hydrogens is 401 g/mol. The number of amides is 2. The van der Waals surface area contributed by atoms with Crippen LogP contribution in [0.4, 0.5) is 13.2 Å². The molecule has 0 atom stereocenters. The average molecular weight is 422 g/mol. The van der Waals surface area contributed by atoms with E-state index in [1.165, 1.54) is 12.1 Å². The number of likely N-dealkylation sites (tertiary alicyclic amines) is 1. The summed E-state index contributed by atoms with van der Waals surface area (Å²) in [6.07, 6.45) is -3.65. The van der Waals surface area contributed by atoms with Crippen LogP contribution in [0.15, 0.2) is 48.5 Å². The summed E-state index contributed by atoms with van der Waals surface area (Å²) in [6, 6.07) is 11.2. The van der Waals surface area contributed by atoms with Crippen molar-refractivity contribution < 1.29 is 32.2 Å². The summed E-state index contributed by atoms with van der Waals surface area (Å²) in [4.78, 5) is 25.0. The molecule has 0 aliphatic carbocycles. The van der Waals surface area contributed by atoms with Gasteiger partial charge in [-0.05, 0) is 42.5 Å². The maximum absolute atomic E-state index is 12.8. The minimum absolute atomic E-state index is 0.158. The van der Waals surface area contributed by atoms with Crippen LogP contribution >= 0.6 is 0 Å². The van der Waals surface area contributed by atoms with Gasteiger partial charge >= 0.3 is 6.18 Å². The third-order valence-corrected chi connectivity index (χ3v) is 4.68. The largest absolute Gasteiger partial charge is 0.490 e. The fourth-order valence-corrected chi connectivity index (χ4v) is 3.15. The Balaban J connectivity index is 1.53. The van der Waals surface area contributed by atoms with Crippen LogP contribution in [-0.2, 0) is 11.0 Å². The van der Waals surface area contributed by atoms with Gasteiger partial charge in [0.25, 0.3) is 11.8 Å². The van der Waals surface area contributed by atoms with Crippen molar-refractivity contribution in [3.63, 3.8) is 0 Å². The van der Waals surface area contributed by atoms with Crippen molar-refractivity contribution in [2.24, 2.45) is 5.73 Å². The second-order valence-corrected chi connectivity index (χ2v) is 6.91. The monoisotopic (exact) mass is 422 g/mol. The number of nitrogens with two attached hydrogens (primary N) is 1. The smallest absolute Gasteiger partial charge is 0.416 e. The lowest BCUT2D eigenvalue weighted by Crippen LogP contribution is -2.41. The van der Waals surface area contributed by atoms with Gasteiger partial charge in [-0.2, -0.15) is 13.2 Å². The lowest BCUT2D eigenvalue weighted by Gasteiger charge is -2.32. The van der Waals surface area contributed by atoms with Crippen LogP contribution in [-0.4, -0.2) is 42.5 Å². The minimum atomic E-state index is -4.42. The van der Waals surface area contributed by atoms with Crippen molar-refractivity contribution in [1.82, 2.24) is 4.90 Å². The minimum Gasteiger partial charge on any atom is -0.490 e. The van der Waals surface area contributed by atoms with Gasteiger partial charge in [-0.25, -0.2) is 0 Å². The average Bonchev–Trinajstić information content (AvgIpc) is 2.72. The molecule has 1 heterocycles. The number of ether oxygens (including phenoxy) is 2. The van der Waals surface area contributed by atoms with Crippen molar-refractivity contribution in [3.05, 3.63) is 59.7 Å². The zero-order valence-corrected chi connectivity index (χ0v) is 16.0. The van der Waals surface area contributed by atoms with E-state index >= 15 is 0 Å². The lowest BCUT2D eigenvalue weighted by atomic mass is 10.1. The highest BCUT2D eigenvalue weighted by molar-refractivity contribution is 5.94. The molecular formula is C21H21F3N2O4. The van der Waals surface area contributed by atoms with Gasteiger partial charge in [-0.15, -0.1) is 0 Å². The summed E-state index contributed by atoms with van der Waals surface area (Å²) in [5, 5.41) is 0. The molecule has 0 saturated carbocycles. The van der Waals surface area contributed by atoms with Crippen molar-refractivity contribution >= 4 is 11.8 Å². The molecule has 1 fully saturated rings. The van der Waals surface area contributed by atoms with E-state index in [1.807, 2.05) is 0 Å². The highest BCUT2D eigenvalue weighted by atomic mass is 19.4. The molecule has 2 amide bonds. The lowest BCUT2D eigenvalue weighted by molar-refractivity contribution is -0.137. The summed E-state index contributed by atoms with van der Waals surface area (Å²) >= 11 is 0. The quantitative estimate of drug-likeness (QED) is 0.775. The number of halogens is 3. The first-order valence-corrected chi connectivity index (χ1v) is 9.37. The Morgan fingerprint density at radius 2 is 1.70 bits per heavy atom. The van der Waals surface area contributed by atoms with Crippen LogP contribution in [0.2, 0.25) is 0 Å². The second-order valence-electron chi connectivity index (χ2n) is 6.91. The fraction of sp³-hybridized carbons (Fsp3) is 0.333. The maximum Gasteiger partial charge on any atom is 0.416 e. The first-order chi connectivity index (χ1) is 14.2. The number of hydrogen-bond donors (Lipinski definition) is 1. The molecule has 3 rings (SSSR count). The molecule has 2 aromatic rings. The molecule has 1 saturated heterocycles. The van der Waals surface area contributed by atoms with E-state index in [4.69, 9.17) is 15.2 Å². The van der Waals surface area contributed by atoms with Crippen LogP contribution in [0.1, 0.15) is 28.8 Å². The number of piperidine rings is 1. The van der Waals surface area contributed by atoms with Gasteiger partial charge < -0.3 is 20.1 Å². The Hall–Kier alpha value is -3.23. The number of carbonyl (C=O) groups is 2. The fourth-order valence-electron chi connectivity index (χ4n) is 3.15. The van der Waals surface area contributed by atoms with Gasteiger partial charge in [0.15, 0.2) is 6.61 Å². The van der Waals surface area contributed by atoms with E-state index in [0.29, 0.717) is 37.2 Å². The molecule has 0 spiro atoms. The van der Waals surface area contributed by atoms with E-state index in [-0.39, 0.29) is 24.4 Å². The second kappa shape index (κ2) is 9.06. The summed E-state index contributed by atoms with van der Waals surface area (Å²) in [7, 11) is 0. The molecule has 0 radical (unpaired) electrons. The zero-order valence-electron chi connectivity index (χ0n) is 16.0. The van der Waals surface area contributed by atoms with Gasteiger partial charge in [0.05, 0.1) is 5.56 Å². The SMILES string of the molecule is NC(=O)COc1ccc(C(=O)N2CCC(Oc3cccc(C(F)(F)F)c3)CC2)cc1. The summed E-state index contributed by atoms with van der Waals surface area (Å²) < 4.78 is 49.3. The highest BCUT2D eigenvalue weighted by Gasteiger charge is 2.31. The Labute approximate surface area is 171 Å². The summed E-state index contributed by atoms with van der Waals surface area (Å²) in [6.45, 7) is 0.622. The molecule has 1 aliphatic rings. The van der Waals surface area contributed by atoms with E-state index in [9.17, 15) is 22.8 Å². The standard InChI is InChI=1S/C21H21F3N2O4/c22-21(23,24)15-2-1-3-18(12-15)30-17-8-10-26(11-9-17)20(28)14-4-6-16(7-5-14)29-13-19(25)27/h1-7,12,17H,8-11,13H2,(H2,25,27). The Morgan fingerprint density at radius 1 is 1.03 bits per heavy atom. The molecule has 1 aliphatic heterocycles. The summed E-state index contributed by atoms with van der Waals surface area (Å²) in [5.74, 6) is -0.154. The Bertz CT molecular complexity index is 892. The Morgan fingerprint density at radius 3 is 2.30 bits per heavy atom. The number of nitrogens with zero attached hydrogens (tertiary/aromatic N) is 1. The number of hydrogen-bond acceptors (Lipinski definition) is 4. The van der Waals surface area contributed by atoms with E-state index in [1.54, 1.807) is 29.2 Å². The maximum atomic E-state index is 12.8. The van der Waals surface area contributed by atoms with Gasteiger partial charge in [0.1, 0.15) is 17.6 Å². The third kappa shape index (κ3) is 5.65. The molecule has 160 valence electrons. The molecule has 2 N–H and O–H groups in total. The van der Waals surface area contributed by atoms with E-state index in [2.05, 4.69) is 0 Å². The van der Waals surface area contributed by atoms with E-state index < -0.39 is 17.6 Å². The molecule has 0 unspecified atom stereocenters. The molecule has 0 aromatic heterocycles. The van der Waals surface area contributed by atoms with Crippen LogP contribution < -0.4 is 15.2 Å². The van der Waals surface area contributed by atoms with Crippen LogP contribution in [0, 0.1) is 0 Å². The molecule has 2 aromatic carbocycles. The van der Waals surface area contributed by atoms with Crippen molar-refractivity contribution in [2.45, 2.75) is 25.1 Å². The van der Waals surface area contributed by atoms with E-state index in [0.717, 1.165) is 12.1 Å². The predicted octanol–water partition coefficient (Wildman–Crippen LogP) is 3.25. The number of rotatable bonds is 6. The van der Waals surface area contributed by atoms with Crippen molar-refractivity contribution in [3.8, 4) is 11.5 Å².